The number of hydrogen-bond acceptors (Lipinski definition) is 3. The standard InChI is InChI=1S/C14H17ClFN3/c15-11-7(17)4-8(18)13(12(11)16)19-14-9-5-1-2-6(3-5)10(9)14/h4-6,9-10,14,19H,1-3,17-18H2. The van der Waals surface area contributed by atoms with Crippen LogP contribution in [-0.2, 0) is 0 Å². The van der Waals surface area contributed by atoms with Crippen LogP contribution in [0.1, 0.15) is 19.3 Å². The Labute approximate surface area is 116 Å². The van der Waals surface area contributed by atoms with Gasteiger partial charge in [0.15, 0.2) is 5.82 Å². The van der Waals surface area contributed by atoms with E-state index >= 15 is 0 Å². The molecule has 5 N–H and O–H groups in total. The minimum Gasteiger partial charge on any atom is -0.397 e. The van der Waals surface area contributed by atoms with E-state index in [-0.39, 0.29) is 10.7 Å². The van der Waals surface area contributed by atoms with Crippen molar-refractivity contribution in [2.75, 3.05) is 16.8 Å². The van der Waals surface area contributed by atoms with E-state index in [1.807, 2.05) is 0 Å². The summed E-state index contributed by atoms with van der Waals surface area (Å²) in [5, 5.41) is 3.25. The van der Waals surface area contributed by atoms with Crippen LogP contribution in [0.3, 0.4) is 0 Å². The minimum absolute atomic E-state index is 0.0366. The third-order valence-electron chi connectivity index (χ3n) is 5.31. The van der Waals surface area contributed by atoms with E-state index in [0.29, 0.717) is 29.3 Å². The smallest absolute Gasteiger partial charge is 0.169 e. The van der Waals surface area contributed by atoms with E-state index in [9.17, 15) is 4.39 Å². The van der Waals surface area contributed by atoms with E-state index in [2.05, 4.69) is 5.32 Å². The highest BCUT2D eigenvalue weighted by molar-refractivity contribution is 6.33. The normalized spacial score (nSPS) is 38.3. The van der Waals surface area contributed by atoms with E-state index in [4.69, 9.17) is 23.1 Å². The molecule has 4 rings (SSSR count). The third kappa shape index (κ3) is 1.49. The van der Waals surface area contributed by atoms with Crippen LogP contribution in [0.5, 0.6) is 0 Å². The number of anilines is 3. The molecule has 0 saturated heterocycles. The molecule has 5 heteroatoms. The Kier molecular flexibility index (Phi) is 2.26. The Balaban J connectivity index is 1.61. The molecule has 0 radical (unpaired) electrons. The number of fused-ring (bicyclic) bond motifs is 5. The topological polar surface area (TPSA) is 64.1 Å². The average Bonchev–Trinajstić information content (AvgIpc) is 2.77. The van der Waals surface area contributed by atoms with Crippen molar-refractivity contribution in [3.63, 3.8) is 0 Å². The van der Waals surface area contributed by atoms with Gasteiger partial charge in [-0.2, -0.15) is 0 Å². The average molecular weight is 282 g/mol. The fourth-order valence-electron chi connectivity index (χ4n) is 4.50. The summed E-state index contributed by atoms with van der Waals surface area (Å²) >= 11 is 5.85. The molecule has 3 nitrogen and oxygen atoms in total. The number of nitrogens with one attached hydrogen (secondary N) is 1. The lowest BCUT2D eigenvalue weighted by molar-refractivity contribution is 0.456. The SMILES string of the molecule is Nc1cc(N)c(NC2C3C4CCC(C4)C23)c(F)c1Cl. The number of halogens is 2. The maximum absolute atomic E-state index is 14.1. The summed E-state index contributed by atoms with van der Waals surface area (Å²) in [5.41, 5.74) is 12.3. The van der Waals surface area contributed by atoms with Crippen LogP contribution in [0.2, 0.25) is 5.02 Å². The maximum atomic E-state index is 14.1. The molecule has 1 aromatic carbocycles. The van der Waals surface area contributed by atoms with Crippen LogP contribution < -0.4 is 16.8 Å². The van der Waals surface area contributed by atoms with E-state index in [0.717, 1.165) is 11.8 Å². The van der Waals surface area contributed by atoms with Gasteiger partial charge in [-0.3, -0.25) is 0 Å². The Hall–Kier alpha value is -1.16. The molecule has 102 valence electrons. The molecule has 0 aromatic heterocycles. The van der Waals surface area contributed by atoms with Crippen LogP contribution in [-0.4, -0.2) is 6.04 Å². The second-order valence-electron chi connectivity index (χ2n) is 6.22. The van der Waals surface area contributed by atoms with Crippen molar-refractivity contribution in [3.8, 4) is 0 Å². The van der Waals surface area contributed by atoms with Gasteiger partial charge in [0, 0.05) is 6.04 Å². The summed E-state index contributed by atoms with van der Waals surface area (Å²) in [5.74, 6) is 2.58. The summed E-state index contributed by atoms with van der Waals surface area (Å²) in [6.45, 7) is 0. The van der Waals surface area contributed by atoms with Crippen molar-refractivity contribution >= 4 is 28.7 Å². The molecule has 4 atom stereocenters. The zero-order valence-corrected chi connectivity index (χ0v) is 11.3. The highest BCUT2D eigenvalue weighted by Crippen LogP contribution is 2.66. The summed E-state index contributed by atoms with van der Waals surface area (Å²) in [4.78, 5) is 0. The Morgan fingerprint density at radius 1 is 1.16 bits per heavy atom. The van der Waals surface area contributed by atoms with E-state index in [1.54, 1.807) is 0 Å². The van der Waals surface area contributed by atoms with Gasteiger partial charge in [0.2, 0.25) is 0 Å². The first-order valence-electron chi connectivity index (χ1n) is 6.87. The molecule has 3 saturated carbocycles. The van der Waals surface area contributed by atoms with Crippen molar-refractivity contribution in [1.29, 1.82) is 0 Å². The van der Waals surface area contributed by atoms with E-state index < -0.39 is 5.82 Å². The molecule has 19 heavy (non-hydrogen) atoms. The van der Waals surface area contributed by atoms with Crippen molar-refractivity contribution in [1.82, 2.24) is 0 Å². The molecule has 2 bridgehead atoms. The first-order valence-corrected chi connectivity index (χ1v) is 7.25. The maximum Gasteiger partial charge on any atom is 0.169 e. The quantitative estimate of drug-likeness (QED) is 0.730. The monoisotopic (exact) mass is 281 g/mol. The van der Waals surface area contributed by atoms with Gasteiger partial charge in [-0.25, -0.2) is 4.39 Å². The van der Waals surface area contributed by atoms with Gasteiger partial charge >= 0.3 is 0 Å². The van der Waals surface area contributed by atoms with Gasteiger partial charge in [-0.1, -0.05) is 11.6 Å². The number of benzene rings is 1. The Morgan fingerprint density at radius 3 is 2.42 bits per heavy atom. The molecule has 0 aliphatic heterocycles. The number of nitrogen functional groups attached to an aromatic ring is 2. The predicted molar refractivity (Wildman–Crippen MR) is 75.5 cm³/mol. The van der Waals surface area contributed by atoms with Gasteiger partial charge in [-0.15, -0.1) is 0 Å². The Bertz CT molecular complexity index is 546. The molecule has 3 aliphatic rings. The van der Waals surface area contributed by atoms with Gasteiger partial charge in [0.1, 0.15) is 5.02 Å². The molecule has 0 heterocycles. The third-order valence-corrected chi connectivity index (χ3v) is 5.70. The fourth-order valence-corrected chi connectivity index (χ4v) is 4.65. The fraction of sp³-hybridized carbons (Fsp3) is 0.571. The second kappa shape index (κ2) is 3.69. The first kappa shape index (κ1) is 11.6. The number of rotatable bonds is 2. The van der Waals surface area contributed by atoms with Gasteiger partial charge in [-0.05, 0) is 49.0 Å². The summed E-state index contributed by atoms with van der Waals surface area (Å²) < 4.78 is 14.1. The Morgan fingerprint density at radius 2 is 1.79 bits per heavy atom. The van der Waals surface area contributed by atoms with Crippen molar-refractivity contribution in [3.05, 3.63) is 16.9 Å². The van der Waals surface area contributed by atoms with Crippen LogP contribution in [0, 0.1) is 29.5 Å². The van der Waals surface area contributed by atoms with Gasteiger partial charge < -0.3 is 16.8 Å². The first-order chi connectivity index (χ1) is 9.08. The largest absolute Gasteiger partial charge is 0.397 e. The highest BCUT2D eigenvalue weighted by atomic mass is 35.5. The molecule has 0 amide bonds. The van der Waals surface area contributed by atoms with Gasteiger partial charge in [0.05, 0.1) is 17.1 Å². The molecular weight excluding hydrogens is 265 g/mol. The van der Waals surface area contributed by atoms with Gasteiger partial charge in [0.25, 0.3) is 0 Å². The van der Waals surface area contributed by atoms with Crippen LogP contribution in [0.25, 0.3) is 0 Å². The zero-order chi connectivity index (χ0) is 13.3. The van der Waals surface area contributed by atoms with E-state index in [1.165, 1.54) is 25.3 Å². The molecule has 0 spiro atoms. The summed E-state index contributed by atoms with van der Waals surface area (Å²) in [6, 6.07) is 1.91. The summed E-state index contributed by atoms with van der Waals surface area (Å²) in [7, 11) is 0. The molecule has 1 aromatic rings. The number of nitrogens with two attached hydrogens (primary N) is 2. The lowest BCUT2D eigenvalue weighted by Gasteiger charge is -2.15. The van der Waals surface area contributed by atoms with Crippen molar-refractivity contribution in [2.24, 2.45) is 23.7 Å². The van der Waals surface area contributed by atoms with Crippen LogP contribution >= 0.6 is 11.6 Å². The molecular formula is C14H17ClFN3. The zero-order valence-electron chi connectivity index (χ0n) is 10.5. The lowest BCUT2D eigenvalue weighted by atomic mass is 10.0. The lowest BCUT2D eigenvalue weighted by Crippen LogP contribution is -2.15. The minimum atomic E-state index is -0.517. The van der Waals surface area contributed by atoms with Crippen LogP contribution in [0.15, 0.2) is 6.07 Å². The predicted octanol–water partition coefficient (Wildman–Crippen LogP) is 3.10. The highest BCUT2D eigenvalue weighted by Gasteiger charge is 2.65. The van der Waals surface area contributed by atoms with Crippen molar-refractivity contribution in [2.45, 2.75) is 25.3 Å². The second-order valence-corrected chi connectivity index (χ2v) is 6.59. The molecule has 3 fully saturated rings. The van der Waals surface area contributed by atoms with Crippen molar-refractivity contribution < 1.29 is 4.39 Å². The molecule has 4 unspecified atom stereocenters. The summed E-state index contributed by atoms with van der Waals surface area (Å²) in [6.07, 6.45) is 4.04. The van der Waals surface area contributed by atoms with Crippen LogP contribution in [0.4, 0.5) is 21.5 Å². The molecule has 3 aliphatic carbocycles. The number of hydrogen-bond donors (Lipinski definition) is 3.